The second-order valence-electron chi connectivity index (χ2n) is 6.02. The van der Waals surface area contributed by atoms with Crippen LogP contribution in [0.25, 0.3) is 0 Å². The molecule has 8 nitrogen and oxygen atoms in total. The standard InChI is InChI=1S/C17H26N4O4/c1-12-2-4-13(5-3-12)8-15(17(25)20-6-7-22)21-16(24)10-19-9-14(18)11-23/h2,4-5,7,11-12,14-15,19H,3,6,8-10,18H2,1H3,(H,20,25)(H,21,24)/t12-,14+,15+/m1/s1. The topological polar surface area (TPSA) is 130 Å². The Morgan fingerprint density at radius 1 is 1.40 bits per heavy atom. The van der Waals surface area contributed by atoms with E-state index in [0.717, 1.165) is 12.0 Å². The monoisotopic (exact) mass is 350 g/mol. The number of allylic oxidation sites excluding steroid dienone is 3. The number of aldehydes is 2. The summed E-state index contributed by atoms with van der Waals surface area (Å²) in [6, 6.07) is -1.46. The van der Waals surface area contributed by atoms with E-state index >= 15 is 0 Å². The molecule has 0 aromatic heterocycles. The number of carbonyl (C=O) groups excluding carboxylic acids is 4. The second kappa shape index (κ2) is 11.3. The third kappa shape index (κ3) is 8.37. The molecule has 0 saturated carbocycles. The molecule has 0 aromatic rings. The molecule has 0 heterocycles. The highest BCUT2D eigenvalue weighted by molar-refractivity contribution is 5.89. The van der Waals surface area contributed by atoms with E-state index in [1.165, 1.54) is 0 Å². The molecule has 5 N–H and O–H groups in total. The van der Waals surface area contributed by atoms with Gasteiger partial charge in [-0.3, -0.25) is 9.59 Å². The van der Waals surface area contributed by atoms with Crippen molar-refractivity contribution in [3.8, 4) is 0 Å². The number of rotatable bonds is 11. The van der Waals surface area contributed by atoms with Gasteiger partial charge in [-0.1, -0.05) is 25.2 Å². The average molecular weight is 350 g/mol. The van der Waals surface area contributed by atoms with Crippen molar-refractivity contribution >= 4 is 24.4 Å². The minimum absolute atomic E-state index is 0.0646. The van der Waals surface area contributed by atoms with Crippen molar-refractivity contribution in [2.45, 2.75) is 31.8 Å². The quantitative estimate of drug-likeness (QED) is 0.347. The summed E-state index contributed by atoms with van der Waals surface area (Å²) in [6.07, 6.45) is 8.44. The van der Waals surface area contributed by atoms with Gasteiger partial charge in [0.2, 0.25) is 11.8 Å². The Balaban J connectivity index is 2.59. The van der Waals surface area contributed by atoms with Crippen molar-refractivity contribution in [2.75, 3.05) is 19.6 Å². The van der Waals surface area contributed by atoms with Gasteiger partial charge in [0.1, 0.15) is 18.6 Å². The van der Waals surface area contributed by atoms with Gasteiger partial charge in [-0.05, 0) is 17.9 Å². The smallest absolute Gasteiger partial charge is 0.243 e. The van der Waals surface area contributed by atoms with Crippen LogP contribution in [0, 0.1) is 5.92 Å². The van der Waals surface area contributed by atoms with Gasteiger partial charge in [0, 0.05) is 13.0 Å². The highest BCUT2D eigenvalue weighted by Gasteiger charge is 2.22. The van der Waals surface area contributed by atoms with Crippen LogP contribution in [0.4, 0.5) is 0 Å². The molecule has 0 saturated heterocycles. The first-order chi connectivity index (χ1) is 12.0. The van der Waals surface area contributed by atoms with E-state index in [1.807, 2.05) is 12.2 Å². The third-order valence-corrected chi connectivity index (χ3v) is 3.68. The third-order valence-electron chi connectivity index (χ3n) is 3.68. The maximum atomic E-state index is 12.2. The van der Waals surface area contributed by atoms with E-state index in [-0.39, 0.29) is 19.6 Å². The molecule has 1 rings (SSSR count). The molecule has 1 aliphatic rings. The van der Waals surface area contributed by atoms with Gasteiger partial charge in [-0.15, -0.1) is 0 Å². The molecule has 0 unspecified atom stereocenters. The SMILES string of the molecule is C[C@@H]1C=CC(C[C@H](NC(=O)CNC[C@H](N)C=O)C(=O)NCC=O)=CC1. The molecule has 8 heteroatoms. The van der Waals surface area contributed by atoms with E-state index in [4.69, 9.17) is 5.73 Å². The zero-order valence-corrected chi connectivity index (χ0v) is 14.4. The van der Waals surface area contributed by atoms with Crippen LogP contribution in [-0.4, -0.2) is 56.1 Å². The highest BCUT2D eigenvalue weighted by atomic mass is 16.2. The minimum atomic E-state index is -0.779. The summed E-state index contributed by atoms with van der Waals surface area (Å²) in [5, 5.41) is 7.85. The van der Waals surface area contributed by atoms with Crippen LogP contribution in [-0.2, 0) is 19.2 Å². The van der Waals surface area contributed by atoms with E-state index in [1.54, 1.807) is 0 Å². The Hall–Kier alpha value is -2.32. The summed E-state index contributed by atoms with van der Waals surface area (Å²) in [5.74, 6) is -0.358. The summed E-state index contributed by atoms with van der Waals surface area (Å²) in [7, 11) is 0. The van der Waals surface area contributed by atoms with E-state index in [2.05, 4.69) is 29.0 Å². The summed E-state index contributed by atoms with van der Waals surface area (Å²) in [5.41, 5.74) is 6.38. The fraction of sp³-hybridized carbons (Fsp3) is 0.529. The lowest BCUT2D eigenvalue weighted by Crippen LogP contribution is -2.50. The summed E-state index contributed by atoms with van der Waals surface area (Å²) >= 11 is 0. The summed E-state index contributed by atoms with van der Waals surface area (Å²) in [4.78, 5) is 45.1. The molecule has 0 aromatic carbocycles. The molecule has 0 aliphatic heterocycles. The molecule has 2 amide bonds. The van der Waals surface area contributed by atoms with Gasteiger partial charge >= 0.3 is 0 Å². The van der Waals surface area contributed by atoms with Crippen molar-refractivity contribution in [2.24, 2.45) is 11.7 Å². The van der Waals surface area contributed by atoms with Crippen molar-refractivity contribution in [1.29, 1.82) is 0 Å². The molecule has 25 heavy (non-hydrogen) atoms. The van der Waals surface area contributed by atoms with E-state index in [9.17, 15) is 19.2 Å². The lowest BCUT2D eigenvalue weighted by Gasteiger charge is -2.20. The maximum Gasteiger partial charge on any atom is 0.243 e. The van der Waals surface area contributed by atoms with Crippen molar-refractivity contribution in [3.63, 3.8) is 0 Å². The van der Waals surface area contributed by atoms with Gasteiger partial charge in [0.15, 0.2) is 0 Å². The highest BCUT2D eigenvalue weighted by Crippen LogP contribution is 2.19. The molecule has 0 radical (unpaired) electrons. The van der Waals surface area contributed by atoms with Gasteiger partial charge in [0.25, 0.3) is 0 Å². The molecule has 0 fully saturated rings. The fourth-order valence-corrected chi connectivity index (χ4v) is 2.28. The lowest BCUT2D eigenvalue weighted by molar-refractivity contribution is -0.129. The van der Waals surface area contributed by atoms with Crippen LogP contribution in [0.5, 0.6) is 0 Å². The molecular formula is C17H26N4O4. The van der Waals surface area contributed by atoms with Crippen molar-refractivity contribution in [1.82, 2.24) is 16.0 Å². The van der Waals surface area contributed by atoms with Gasteiger partial charge in [0.05, 0.1) is 19.1 Å². The Kier molecular flexibility index (Phi) is 9.34. The molecule has 0 bridgehead atoms. The molecule has 3 atom stereocenters. The number of hydrogen-bond donors (Lipinski definition) is 4. The molecular weight excluding hydrogens is 324 g/mol. The van der Waals surface area contributed by atoms with E-state index < -0.39 is 23.9 Å². The van der Waals surface area contributed by atoms with Crippen molar-refractivity contribution in [3.05, 3.63) is 23.8 Å². The van der Waals surface area contributed by atoms with Gasteiger partial charge < -0.3 is 31.3 Å². The Labute approximate surface area is 147 Å². The predicted molar refractivity (Wildman–Crippen MR) is 93.5 cm³/mol. The predicted octanol–water partition coefficient (Wildman–Crippen LogP) is -1.19. The zero-order chi connectivity index (χ0) is 18.7. The maximum absolute atomic E-state index is 12.2. The van der Waals surface area contributed by atoms with Gasteiger partial charge in [-0.2, -0.15) is 0 Å². The summed E-state index contributed by atoms with van der Waals surface area (Å²) in [6.45, 7) is 2.09. The number of nitrogens with one attached hydrogen (secondary N) is 3. The van der Waals surface area contributed by atoms with Crippen LogP contribution >= 0.6 is 0 Å². The van der Waals surface area contributed by atoms with Crippen molar-refractivity contribution < 1.29 is 19.2 Å². The second-order valence-corrected chi connectivity index (χ2v) is 6.02. The van der Waals surface area contributed by atoms with Gasteiger partial charge in [-0.25, -0.2) is 0 Å². The Morgan fingerprint density at radius 3 is 2.76 bits per heavy atom. The minimum Gasteiger partial charge on any atom is -0.348 e. The normalized spacial score (nSPS) is 18.6. The Morgan fingerprint density at radius 2 is 2.16 bits per heavy atom. The first-order valence-electron chi connectivity index (χ1n) is 8.25. The average Bonchev–Trinajstić information content (AvgIpc) is 2.60. The summed E-state index contributed by atoms with van der Waals surface area (Å²) < 4.78 is 0. The molecule has 1 aliphatic carbocycles. The first kappa shape index (κ1) is 20.7. The van der Waals surface area contributed by atoms with Crippen LogP contribution in [0.2, 0.25) is 0 Å². The van der Waals surface area contributed by atoms with Crippen LogP contribution in [0.15, 0.2) is 23.8 Å². The number of amides is 2. The number of nitrogens with two attached hydrogens (primary N) is 1. The van der Waals surface area contributed by atoms with E-state index in [0.29, 0.717) is 24.9 Å². The Bertz CT molecular complexity index is 545. The lowest BCUT2D eigenvalue weighted by atomic mass is 9.94. The number of hydrogen-bond acceptors (Lipinski definition) is 6. The fourth-order valence-electron chi connectivity index (χ4n) is 2.28. The molecule has 0 spiro atoms. The zero-order valence-electron chi connectivity index (χ0n) is 14.4. The molecule has 138 valence electrons. The first-order valence-corrected chi connectivity index (χ1v) is 8.25. The van der Waals surface area contributed by atoms with Crippen LogP contribution in [0.1, 0.15) is 19.8 Å². The largest absolute Gasteiger partial charge is 0.348 e. The van der Waals surface area contributed by atoms with Crippen LogP contribution in [0.3, 0.4) is 0 Å². The van der Waals surface area contributed by atoms with Crippen LogP contribution < -0.4 is 21.7 Å². The number of carbonyl (C=O) groups is 4.